The lowest BCUT2D eigenvalue weighted by atomic mass is 10.1. The number of thiol groups is 1. The number of amides is 1. The van der Waals surface area contributed by atoms with Crippen LogP contribution in [0.3, 0.4) is 0 Å². The van der Waals surface area contributed by atoms with Gasteiger partial charge in [-0.3, -0.25) is 5.32 Å². The zero-order chi connectivity index (χ0) is 19.1. The number of fused-ring (bicyclic) bond motifs is 1. The van der Waals surface area contributed by atoms with Gasteiger partial charge in [0.05, 0.1) is 5.52 Å². The number of nitrogens with two attached hydrogens (primary N) is 1. The minimum absolute atomic E-state index is 0.0958. The second-order valence-corrected chi connectivity index (χ2v) is 6.31. The molecule has 3 N–H and O–H groups in total. The quantitative estimate of drug-likeness (QED) is 0.430. The summed E-state index contributed by atoms with van der Waals surface area (Å²) in [6.45, 7) is 1.69. The molecule has 0 aliphatic rings. The number of alkyl halides is 3. The molecule has 0 saturated heterocycles. The highest BCUT2D eigenvalue weighted by atomic mass is 32.1. The zero-order valence-electron chi connectivity index (χ0n) is 13.1. The number of pyridine rings is 1. The molecule has 2 aromatic heterocycles. The Labute approximate surface area is 154 Å². The molecule has 0 aliphatic carbocycles. The van der Waals surface area contributed by atoms with Gasteiger partial charge in [0, 0.05) is 35.1 Å². The van der Waals surface area contributed by atoms with Crippen LogP contribution >= 0.6 is 24.2 Å². The molecule has 1 amide bonds. The number of anilines is 2. The first kappa shape index (κ1) is 18.3. The SMILES string of the molecule is Cc1c(NC(=O)OS)ccc2c(N)cc(-c3nc(C(F)(F)F)cs3)nc12. The number of hydrogen-bond acceptors (Lipinski definition) is 7. The summed E-state index contributed by atoms with van der Waals surface area (Å²) < 4.78 is 42.5. The highest BCUT2D eigenvalue weighted by Gasteiger charge is 2.34. The van der Waals surface area contributed by atoms with E-state index in [1.54, 1.807) is 19.1 Å². The number of rotatable bonds is 2. The molecule has 11 heteroatoms. The molecule has 0 bridgehead atoms. The maximum Gasteiger partial charge on any atom is 0.434 e. The first-order valence-electron chi connectivity index (χ1n) is 7.06. The standard InChI is InChI=1S/C15H11F3N4O2S2/c1-6-9(21-14(23)24-25)3-2-7-8(19)4-10(20-12(6)7)13-22-11(5-26-13)15(16,17)18/h2-5,25H,1H3,(H2,19,20)(H,21,23). The van der Waals surface area contributed by atoms with E-state index in [1.165, 1.54) is 6.07 Å². The number of nitrogens with zero attached hydrogens (tertiary/aromatic N) is 2. The Morgan fingerprint density at radius 1 is 1.35 bits per heavy atom. The number of halogens is 3. The largest absolute Gasteiger partial charge is 0.434 e. The highest BCUT2D eigenvalue weighted by molar-refractivity contribution is 7.75. The first-order valence-corrected chi connectivity index (χ1v) is 8.30. The van der Waals surface area contributed by atoms with Gasteiger partial charge < -0.3 is 9.92 Å². The van der Waals surface area contributed by atoms with Crippen LogP contribution in [-0.4, -0.2) is 16.1 Å². The van der Waals surface area contributed by atoms with Crippen molar-refractivity contribution in [3.05, 3.63) is 34.8 Å². The van der Waals surface area contributed by atoms with Crippen molar-refractivity contribution in [3.63, 3.8) is 0 Å². The molecule has 2 heterocycles. The molecule has 3 rings (SSSR count). The molecule has 3 aromatic rings. The summed E-state index contributed by atoms with van der Waals surface area (Å²) in [5, 5.41) is 4.09. The second kappa shape index (κ2) is 6.65. The Hall–Kier alpha value is -2.53. The Morgan fingerprint density at radius 2 is 2.08 bits per heavy atom. The maximum absolute atomic E-state index is 12.8. The molecule has 136 valence electrons. The number of benzene rings is 1. The van der Waals surface area contributed by atoms with Crippen LogP contribution in [0, 0.1) is 6.92 Å². The predicted octanol–water partition coefficient (Wildman–Crippen LogP) is 4.66. The van der Waals surface area contributed by atoms with Crippen LogP contribution in [0.4, 0.5) is 29.3 Å². The molecule has 6 nitrogen and oxygen atoms in total. The fourth-order valence-corrected chi connectivity index (χ4v) is 3.19. The Kier molecular flexibility index (Phi) is 4.67. The average Bonchev–Trinajstić information content (AvgIpc) is 3.08. The fourth-order valence-electron chi connectivity index (χ4n) is 2.35. The van der Waals surface area contributed by atoms with Gasteiger partial charge in [-0.1, -0.05) is 0 Å². The van der Waals surface area contributed by atoms with Crippen LogP contribution in [0.25, 0.3) is 21.6 Å². The number of carbonyl (C=O) groups is 1. The van der Waals surface area contributed by atoms with Gasteiger partial charge in [0.15, 0.2) is 5.69 Å². The van der Waals surface area contributed by atoms with E-state index < -0.39 is 18.0 Å². The van der Waals surface area contributed by atoms with E-state index in [1.807, 2.05) is 0 Å². The first-order chi connectivity index (χ1) is 12.2. The predicted molar refractivity (Wildman–Crippen MR) is 96.1 cm³/mol. The fraction of sp³-hybridized carbons (Fsp3) is 0.133. The van der Waals surface area contributed by atoms with Crippen molar-refractivity contribution in [3.8, 4) is 10.7 Å². The smallest absolute Gasteiger partial charge is 0.398 e. The Balaban J connectivity index is 2.12. The van der Waals surface area contributed by atoms with Gasteiger partial charge in [0.2, 0.25) is 0 Å². The van der Waals surface area contributed by atoms with Crippen LogP contribution in [0.2, 0.25) is 0 Å². The van der Waals surface area contributed by atoms with E-state index in [-0.39, 0.29) is 10.7 Å². The van der Waals surface area contributed by atoms with E-state index in [2.05, 4.69) is 32.4 Å². The van der Waals surface area contributed by atoms with Gasteiger partial charge in [0.25, 0.3) is 0 Å². The summed E-state index contributed by atoms with van der Waals surface area (Å²) in [6.07, 6.45) is -5.31. The Bertz CT molecular complexity index is 1000. The molecule has 0 fully saturated rings. The van der Waals surface area contributed by atoms with Gasteiger partial charge in [-0.2, -0.15) is 13.2 Å². The number of carbonyl (C=O) groups excluding carboxylic acids is 1. The molecule has 0 aliphatic heterocycles. The van der Waals surface area contributed by atoms with Crippen molar-refractivity contribution in [1.82, 2.24) is 9.97 Å². The number of hydrogen-bond donors (Lipinski definition) is 3. The summed E-state index contributed by atoms with van der Waals surface area (Å²) in [4.78, 5) is 19.3. The van der Waals surface area contributed by atoms with Gasteiger partial charge in [-0.25, -0.2) is 14.8 Å². The number of thiazole rings is 1. The van der Waals surface area contributed by atoms with E-state index in [9.17, 15) is 18.0 Å². The average molecular weight is 400 g/mol. The third-order valence-corrected chi connectivity index (χ3v) is 4.63. The topological polar surface area (TPSA) is 90.1 Å². The molecule has 0 saturated carbocycles. The lowest BCUT2D eigenvalue weighted by Gasteiger charge is -2.11. The summed E-state index contributed by atoms with van der Waals surface area (Å²) in [7, 11) is 0. The van der Waals surface area contributed by atoms with Gasteiger partial charge in [-0.15, -0.1) is 11.3 Å². The lowest BCUT2D eigenvalue weighted by molar-refractivity contribution is -0.140. The number of aryl methyl sites for hydroxylation is 1. The summed E-state index contributed by atoms with van der Waals surface area (Å²) >= 11 is 4.24. The van der Waals surface area contributed by atoms with Crippen LogP contribution in [-0.2, 0) is 10.4 Å². The minimum Gasteiger partial charge on any atom is -0.398 e. The third-order valence-electron chi connectivity index (χ3n) is 3.60. The van der Waals surface area contributed by atoms with Crippen molar-refractivity contribution < 1.29 is 22.1 Å². The van der Waals surface area contributed by atoms with Gasteiger partial charge in [0.1, 0.15) is 10.7 Å². The number of nitrogens with one attached hydrogen (secondary N) is 1. The van der Waals surface area contributed by atoms with Gasteiger partial charge >= 0.3 is 12.3 Å². The van der Waals surface area contributed by atoms with Crippen molar-refractivity contribution in [2.75, 3.05) is 11.1 Å². The molecular weight excluding hydrogens is 389 g/mol. The van der Waals surface area contributed by atoms with Gasteiger partial charge in [-0.05, 0) is 30.7 Å². The number of nitrogen functional groups attached to an aromatic ring is 1. The monoisotopic (exact) mass is 400 g/mol. The van der Waals surface area contributed by atoms with Crippen molar-refractivity contribution >= 4 is 52.6 Å². The molecule has 0 atom stereocenters. The summed E-state index contributed by atoms with van der Waals surface area (Å²) in [5.41, 5.74) is 7.00. The zero-order valence-corrected chi connectivity index (χ0v) is 14.8. The second-order valence-electron chi connectivity index (χ2n) is 5.27. The van der Waals surface area contributed by atoms with E-state index in [0.29, 0.717) is 27.8 Å². The molecule has 1 aromatic carbocycles. The molecule has 0 unspecified atom stereocenters. The van der Waals surface area contributed by atoms with Crippen molar-refractivity contribution in [2.24, 2.45) is 0 Å². The molecule has 26 heavy (non-hydrogen) atoms. The van der Waals surface area contributed by atoms with Crippen LogP contribution in [0.5, 0.6) is 0 Å². The normalized spacial score (nSPS) is 11.6. The molecule has 0 radical (unpaired) electrons. The molecular formula is C15H11F3N4O2S2. The van der Waals surface area contributed by atoms with Crippen molar-refractivity contribution in [2.45, 2.75) is 13.1 Å². The molecule has 0 spiro atoms. The number of aromatic nitrogens is 2. The summed E-state index contributed by atoms with van der Waals surface area (Å²) in [5.74, 6) is 0. The highest BCUT2D eigenvalue weighted by Crippen LogP contribution is 2.35. The third kappa shape index (κ3) is 3.40. The summed E-state index contributed by atoms with van der Waals surface area (Å²) in [6, 6.07) is 4.73. The van der Waals surface area contributed by atoms with Crippen molar-refractivity contribution in [1.29, 1.82) is 0 Å². The van der Waals surface area contributed by atoms with Crippen LogP contribution in [0.1, 0.15) is 11.3 Å². The van der Waals surface area contributed by atoms with E-state index in [4.69, 9.17) is 5.73 Å². The van der Waals surface area contributed by atoms with E-state index >= 15 is 0 Å². The minimum atomic E-state index is -4.53. The van der Waals surface area contributed by atoms with E-state index in [0.717, 1.165) is 16.7 Å². The van der Waals surface area contributed by atoms with Crippen LogP contribution < -0.4 is 11.1 Å². The van der Waals surface area contributed by atoms with Crippen LogP contribution in [0.15, 0.2) is 23.6 Å². The Morgan fingerprint density at radius 3 is 2.69 bits per heavy atom. The maximum atomic E-state index is 12.8. The lowest BCUT2D eigenvalue weighted by Crippen LogP contribution is -2.10.